The molecule has 1 aliphatic heterocycles. The number of carboxylic acids is 1. The Kier molecular flexibility index (Phi) is 6.19. The average molecular weight is 355 g/mol. The molecule has 0 radical (unpaired) electrons. The van der Waals surface area contributed by atoms with Gasteiger partial charge in [0.1, 0.15) is 5.75 Å². The maximum Gasteiger partial charge on any atom is 0.303 e. The number of nitrogens with one attached hydrogen (secondary N) is 1. The van der Waals surface area contributed by atoms with Gasteiger partial charge in [0.2, 0.25) is 5.91 Å². The van der Waals surface area contributed by atoms with Crippen LogP contribution in [0.3, 0.4) is 0 Å². The van der Waals surface area contributed by atoms with Crippen molar-refractivity contribution in [1.29, 1.82) is 0 Å². The molecule has 1 aliphatic rings. The van der Waals surface area contributed by atoms with Crippen LogP contribution in [0.1, 0.15) is 24.8 Å². The Morgan fingerprint density at radius 1 is 1.25 bits per heavy atom. The monoisotopic (exact) mass is 355 g/mol. The van der Waals surface area contributed by atoms with Gasteiger partial charge in [-0.2, -0.15) is 0 Å². The van der Waals surface area contributed by atoms with Crippen molar-refractivity contribution in [2.45, 2.75) is 25.8 Å². The molecule has 24 heavy (non-hydrogen) atoms. The van der Waals surface area contributed by atoms with Crippen molar-refractivity contribution < 1.29 is 27.9 Å². The number of hydrogen-bond acceptors (Lipinski definition) is 5. The predicted molar refractivity (Wildman–Crippen MR) is 87.4 cm³/mol. The Labute approximate surface area is 140 Å². The van der Waals surface area contributed by atoms with Gasteiger partial charge in [-0.25, -0.2) is 8.42 Å². The minimum atomic E-state index is -3.06. The van der Waals surface area contributed by atoms with Crippen molar-refractivity contribution in [1.82, 2.24) is 5.32 Å². The highest BCUT2D eigenvalue weighted by molar-refractivity contribution is 7.91. The van der Waals surface area contributed by atoms with E-state index in [0.717, 1.165) is 5.56 Å². The van der Waals surface area contributed by atoms with E-state index in [2.05, 4.69) is 5.32 Å². The molecule has 1 unspecified atom stereocenters. The number of amides is 1. The summed E-state index contributed by atoms with van der Waals surface area (Å²) in [5.74, 6) is -0.880. The van der Waals surface area contributed by atoms with Gasteiger partial charge in [-0.1, -0.05) is 12.1 Å². The van der Waals surface area contributed by atoms with Gasteiger partial charge in [-0.05, 0) is 30.5 Å². The molecular formula is C16H21NO6S. The summed E-state index contributed by atoms with van der Waals surface area (Å²) >= 11 is 0. The zero-order chi connectivity index (χ0) is 17.6. The van der Waals surface area contributed by atoms with Gasteiger partial charge >= 0.3 is 5.97 Å². The van der Waals surface area contributed by atoms with Crippen LogP contribution in [0.25, 0.3) is 0 Å². The van der Waals surface area contributed by atoms with Crippen LogP contribution in [0.4, 0.5) is 0 Å². The standard InChI is InChI=1S/C16H21NO6S/c18-15(19)2-1-8-23-14-5-3-12(4-6-14)10-17-16(20)13-7-9-24(21,22)11-13/h3-6,13H,1-2,7-11H2,(H,17,20)(H,18,19). The lowest BCUT2D eigenvalue weighted by molar-refractivity contribution is -0.137. The minimum Gasteiger partial charge on any atom is -0.494 e. The van der Waals surface area contributed by atoms with E-state index >= 15 is 0 Å². The molecule has 7 nitrogen and oxygen atoms in total. The number of carbonyl (C=O) groups excluding carboxylic acids is 1. The first-order chi connectivity index (χ1) is 11.4. The zero-order valence-electron chi connectivity index (χ0n) is 13.2. The van der Waals surface area contributed by atoms with E-state index in [-0.39, 0.29) is 23.8 Å². The Hall–Kier alpha value is -2.09. The van der Waals surface area contributed by atoms with E-state index in [1.807, 2.05) is 0 Å². The molecule has 8 heteroatoms. The zero-order valence-corrected chi connectivity index (χ0v) is 14.0. The number of rotatable bonds is 8. The molecule has 0 bridgehead atoms. The summed E-state index contributed by atoms with van der Waals surface area (Å²) in [6.45, 7) is 0.660. The molecule has 1 saturated heterocycles. The van der Waals surface area contributed by atoms with Crippen LogP contribution in [0.5, 0.6) is 5.75 Å². The molecule has 2 N–H and O–H groups in total. The van der Waals surface area contributed by atoms with Crippen LogP contribution in [0.15, 0.2) is 24.3 Å². The van der Waals surface area contributed by atoms with Crippen LogP contribution >= 0.6 is 0 Å². The third-order valence-electron chi connectivity index (χ3n) is 3.80. The summed E-state index contributed by atoms with van der Waals surface area (Å²) < 4.78 is 28.2. The fourth-order valence-electron chi connectivity index (χ4n) is 2.45. The lowest BCUT2D eigenvalue weighted by atomic mass is 10.1. The SMILES string of the molecule is O=C(O)CCCOc1ccc(CNC(=O)C2CCS(=O)(=O)C2)cc1. The van der Waals surface area contributed by atoms with Crippen LogP contribution in [-0.4, -0.2) is 43.5 Å². The van der Waals surface area contributed by atoms with Crippen LogP contribution < -0.4 is 10.1 Å². The molecule has 1 aromatic carbocycles. The summed E-state index contributed by atoms with van der Waals surface area (Å²) in [7, 11) is -3.06. The highest BCUT2D eigenvalue weighted by atomic mass is 32.2. The Balaban J connectivity index is 1.73. The fourth-order valence-corrected chi connectivity index (χ4v) is 4.19. The second-order valence-corrected chi connectivity index (χ2v) is 8.04. The first kappa shape index (κ1) is 18.3. The van der Waals surface area contributed by atoms with E-state index in [1.165, 1.54) is 0 Å². The first-order valence-electron chi connectivity index (χ1n) is 7.77. The van der Waals surface area contributed by atoms with Gasteiger partial charge in [-0.3, -0.25) is 9.59 Å². The molecule has 1 heterocycles. The molecule has 0 aromatic heterocycles. The number of carboxylic acid groups (broad SMARTS) is 1. The quantitative estimate of drug-likeness (QED) is 0.673. The van der Waals surface area contributed by atoms with Gasteiger partial charge < -0.3 is 15.2 Å². The lowest BCUT2D eigenvalue weighted by Gasteiger charge is -2.10. The van der Waals surface area contributed by atoms with E-state index in [1.54, 1.807) is 24.3 Å². The Bertz CT molecular complexity index is 683. The molecule has 0 aliphatic carbocycles. The van der Waals surface area contributed by atoms with Crippen LogP contribution in [-0.2, 0) is 26.0 Å². The molecular weight excluding hydrogens is 334 g/mol. The fraction of sp³-hybridized carbons (Fsp3) is 0.500. The normalized spacial score (nSPS) is 18.9. The van der Waals surface area contributed by atoms with Crippen molar-refractivity contribution in [2.75, 3.05) is 18.1 Å². The van der Waals surface area contributed by atoms with Crippen molar-refractivity contribution in [3.63, 3.8) is 0 Å². The number of benzene rings is 1. The summed E-state index contributed by atoms with van der Waals surface area (Å²) in [6.07, 6.45) is 0.899. The molecule has 1 atom stereocenters. The third-order valence-corrected chi connectivity index (χ3v) is 5.56. The maximum atomic E-state index is 12.0. The highest BCUT2D eigenvalue weighted by Crippen LogP contribution is 2.19. The number of carbonyl (C=O) groups is 2. The van der Waals surface area contributed by atoms with Crippen molar-refractivity contribution in [2.24, 2.45) is 5.92 Å². The smallest absolute Gasteiger partial charge is 0.303 e. The number of hydrogen-bond donors (Lipinski definition) is 2. The number of ether oxygens (including phenoxy) is 1. The second kappa shape index (κ2) is 8.14. The van der Waals surface area contributed by atoms with E-state index in [0.29, 0.717) is 31.7 Å². The van der Waals surface area contributed by atoms with Gasteiger partial charge in [0.05, 0.1) is 24.0 Å². The maximum absolute atomic E-state index is 12.0. The number of aliphatic carboxylic acids is 1. The molecule has 1 aromatic rings. The van der Waals surface area contributed by atoms with E-state index in [9.17, 15) is 18.0 Å². The largest absolute Gasteiger partial charge is 0.494 e. The lowest BCUT2D eigenvalue weighted by Crippen LogP contribution is -2.30. The Morgan fingerprint density at radius 2 is 1.96 bits per heavy atom. The summed E-state index contributed by atoms with van der Waals surface area (Å²) in [5, 5.41) is 11.3. The van der Waals surface area contributed by atoms with Crippen LogP contribution in [0, 0.1) is 5.92 Å². The summed E-state index contributed by atoms with van der Waals surface area (Å²) in [6, 6.07) is 7.11. The second-order valence-electron chi connectivity index (χ2n) is 5.81. The van der Waals surface area contributed by atoms with Gasteiger partial charge in [0.25, 0.3) is 0 Å². The van der Waals surface area contributed by atoms with E-state index < -0.39 is 21.7 Å². The van der Waals surface area contributed by atoms with Crippen LogP contribution in [0.2, 0.25) is 0 Å². The molecule has 1 fully saturated rings. The van der Waals surface area contributed by atoms with E-state index in [4.69, 9.17) is 9.84 Å². The number of sulfone groups is 1. The van der Waals surface area contributed by atoms with Crippen molar-refractivity contribution in [3.8, 4) is 5.75 Å². The molecule has 0 saturated carbocycles. The summed E-state index contributed by atoms with van der Waals surface area (Å²) in [5.41, 5.74) is 0.877. The Morgan fingerprint density at radius 3 is 2.54 bits per heavy atom. The average Bonchev–Trinajstić information content (AvgIpc) is 2.90. The van der Waals surface area contributed by atoms with Gasteiger partial charge in [0.15, 0.2) is 9.84 Å². The minimum absolute atomic E-state index is 0.0675. The molecule has 2 rings (SSSR count). The van der Waals surface area contributed by atoms with Crippen molar-refractivity contribution in [3.05, 3.63) is 29.8 Å². The van der Waals surface area contributed by atoms with Crippen molar-refractivity contribution >= 4 is 21.7 Å². The summed E-state index contributed by atoms with van der Waals surface area (Å²) in [4.78, 5) is 22.3. The first-order valence-corrected chi connectivity index (χ1v) is 9.59. The topological polar surface area (TPSA) is 110 Å². The predicted octanol–water partition coefficient (Wildman–Crippen LogP) is 0.981. The third kappa shape index (κ3) is 5.84. The molecule has 132 valence electrons. The van der Waals surface area contributed by atoms with Gasteiger partial charge in [-0.15, -0.1) is 0 Å². The molecule has 0 spiro atoms. The highest BCUT2D eigenvalue weighted by Gasteiger charge is 2.32. The van der Waals surface area contributed by atoms with Gasteiger partial charge in [0, 0.05) is 13.0 Å². The molecule has 1 amide bonds.